The van der Waals surface area contributed by atoms with Crippen LogP contribution in [-0.2, 0) is 17.9 Å². The number of carbonyl (C=O) groups is 2. The van der Waals surface area contributed by atoms with Crippen molar-refractivity contribution in [3.8, 4) is 11.5 Å². The van der Waals surface area contributed by atoms with Crippen LogP contribution in [0.2, 0.25) is 0 Å². The smallest absolute Gasteiger partial charge is 0.321 e. The number of piperidine rings is 1. The minimum Gasteiger partial charge on any atom is -0.493 e. The number of likely N-dealkylation sites (tertiary alicyclic amines) is 1. The molecule has 0 saturated carbocycles. The van der Waals surface area contributed by atoms with Gasteiger partial charge in [-0.2, -0.15) is 0 Å². The van der Waals surface area contributed by atoms with Gasteiger partial charge in [-0.15, -0.1) is 0 Å². The summed E-state index contributed by atoms with van der Waals surface area (Å²) in [5.74, 6) is 1.10. The van der Waals surface area contributed by atoms with Gasteiger partial charge < -0.3 is 24.6 Å². The quantitative estimate of drug-likeness (QED) is 0.476. The highest BCUT2D eigenvalue weighted by Crippen LogP contribution is 2.30. The summed E-state index contributed by atoms with van der Waals surface area (Å²) in [5.41, 5.74) is 2.77. The fourth-order valence-corrected chi connectivity index (χ4v) is 4.42. The van der Waals surface area contributed by atoms with Gasteiger partial charge >= 0.3 is 6.03 Å². The van der Waals surface area contributed by atoms with Gasteiger partial charge in [0.15, 0.2) is 11.5 Å². The molecule has 0 radical (unpaired) electrons. The molecule has 1 fully saturated rings. The van der Waals surface area contributed by atoms with Crippen LogP contribution in [-0.4, -0.2) is 49.0 Å². The minimum absolute atomic E-state index is 0.0376. The molecule has 1 N–H and O–H groups in total. The third-order valence-corrected chi connectivity index (χ3v) is 6.34. The molecule has 1 heterocycles. The Kier molecular flexibility index (Phi) is 8.44. The van der Waals surface area contributed by atoms with Crippen LogP contribution in [0.4, 0.5) is 10.5 Å². The van der Waals surface area contributed by atoms with Gasteiger partial charge in [-0.05, 0) is 48.2 Å². The Morgan fingerprint density at radius 2 is 1.69 bits per heavy atom. The van der Waals surface area contributed by atoms with Crippen LogP contribution in [0.5, 0.6) is 11.5 Å². The van der Waals surface area contributed by atoms with Crippen molar-refractivity contribution in [2.24, 2.45) is 5.92 Å². The second-order valence-electron chi connectivity index (χ2n) is 9.04. The number of hydrogen-bond donors (Lipinski definition) is 1. The number of amides is 3. The summed E-state index contributed by atoms with van der Waals surface area (Å²) in [6, 6.07) is 24.9. The maximum Gasteiger partial charge on any atom is 0.321 e. The highest BCUT2D eigenvalue weighted by molar-refractivity contribution is 5.90. The number of urea groups is 1. The van der Waals surface area contributed by atoms with Gasteiger partial charge in [0, 0.05) is 32.4 Å². The lowest BCUT2D eigenvalue weighted by atomic mass is 9.96. The average molecular weight is 488 g/mol. The van der Waals surface area contributed by atoms with Crippen LogP contribution in [0.3, 0.4) is 0 Å². The Morgan fingerprint density at radius 3 is 2.42 bits per heavy atom. The van der Waals surface area contributed by atoms with E-state index in [1.807, 2.05) is 78.9 Å². The van der Waals surface area contributed by atoms with E-state index in [1.54, 1.807) is 24.0 Å². The lowest BCUT2D eigenvalue weighted by molar-refractivity contribution is -0.136. The molecule has 4 rings (SSSR count). The Hall–Kier alpha value is -4.00. The Bertz CT molecular complexity index is 1150. The van der Waals surface area contributed by atoms with Crippen molar-refractivity contribution in [2.45, 2.75) is 26.0 Å². The second kappa shape index (κ2) is 12.1. The second-order valence-corrected chi connectivity index (χ2v) is 9.04. The average Bonchev–Trinajstić information content (AvgIpc) is 2.93. The largest absolute Gasteiger partial charge is 0.493 e. The molecule has 1 unspecified atom stereocenters. The number of nitrogens with one attached hydrogen (secondary N) is 1. The standard InChI is InChI=1S/C29H33N3O4/c1-31(19-23-15-16-26(27(18-23)35-2)36-21-22-10-5-3-6-11-22)28(33)24-12-9-17-32(20-24)29(34)30-25-13-7-4-8-14-25/h3-8,10-11,13-16,18,24H,9,12,17,19-21H2,1-2H3,(H,30,34). The molecule has 1 atom stereocenters. The first kappa shape index (κ1) is 25.1. The number of ether oxygens (including phenoxy) is 2. The van der Waals surface area contributed by atoms with Gasteiger partial charge in [-0.3, -0.25) is 4.79 Å². The van der Waals surface area contributed by atoms with E-state index in [-0.39, 0.29) is 17.9 Å². The molecule has 36 heavy (non-hydrogen) atoms. The van der Waals surface area contributed by atoms with Gasteiger partial charge in [-0.1, -0.05) is 54.6 Å². The van der Waals surface area contributed by atoms with Gasteiger partial charge in [0.05, 0.1) is 13.0 Å². The lowest BCUT2D eigenvalue weighted by Gasteiger charge is -2.34. The van der Waals surface area contributed by atoms with Gasteiger partial charge in [0.2, 0.25) is 5.91 Å². The number of benzene rings is 3. The molecule has 3 aromatic carbocycles. The molecule has 0 bridgehead atoms. The Morgan fingerprint density at radius 1 is 0.972 bits per heavy atom. The monoisotopic (exact) mass is 487 g/mol. The Labute approximate surface area is 212 Å². The maximum absolute atomic E-state index is 13.2. The number of anilines is 1. The van der Waals surface area contributed by atoms with Crippen LogP contribution in [0.1, 0.15) is 24.0 Å². The normalized spacial score (nSPS) is 15.2. The van der Waals surface area contributed by atoms with E-state index in [4.69, 9.17) is 9.47 Å². The zero-order valence-corrected chi connectivity index (χ0v) is 20.9. The highest BCUT2D eigenvalue weighted by atomic mass is 16.5. The van der Waals surface area contributed by atoms with Crippen molar-refractivity contribution in [1.29, 1.82) is 0 Å². The van der Waals surface area contributed by atoms with Crippen LogP contribution in [0.25, 0.3) is 0 Å². The van der Waals surface area contributed by atoms with Crippen molar-refractivity contribution in [1.82, 2.24) is 9.80 Å². The van der Waals surface area contributed by atoms with Crippen molar-refractivity contribution in [2.75, 3.05) is 32.6 Å². The number of nitrogens with zero attached hydrogens (tertiary/aromatic N) is 2. The van der Waals surface area contributed by atoms with E-state index >= 15 is 0 Å². The zero-order valence-electron chi connectivity index (χ0n) is 20.9. The molecular formula is C29H33N3O4. The lowest BCUT2D eigenvalue weighted by Crippen LogP contribution is -2.47. The third kappa shape index (κ3) is 6.56. The molecular weight excluding hydrogens is 454 g/mol. The van der Waals surface area contributed by atoms with E-state index in [9.17, 15) is 9.59 Å². The first-order valence-electron chi connectivity index (χ1n) is 12.2. The molecule has 0 aliphatic carbocycles. The van der Waals surface area contributed by atoms with Crippen LogP contribution < -0.4 is 14.8 Å². The highest BCUT2D eigenvalue weighted by Gasteiger charge is 2.30. The van der Waals surface area contributed by atoms with Gasteiger partial charge in [0.25, 0.3) is 0 Å². The first-order valence-corrected chi connectivity index (χ1v) is 12.2. The fraction of sp³-hybridized carbons (Fsp3) is 0.310. The molecule has 7 nitrogen and oxygen atoms in total. The van der Waals surface area contributed by atoms with Crippen LogP contribution >= 0.6 is 0 Å². The summed E-state index contributed by atoms with van der Waals surface area (Å²) in [7, 11) is 3.41. The van der Waals surface area contributed by atoms with Crippen LogP contribution in [0, 0.1) is 5.92 Å². The molecule has 1 aliphatic rings. The van der Waals surface area contributed by atoms with E-state index < -0.39 is 0 Å². The van der Waals surface area contributed by atoms with E-state index in [0.29, 0.717) is 37.7 Å². The van der Waals surface area contributed by atoms with E-state index in [1.165, 1.54) is 0 Å². The van der Waals surface area contributed by atoms with Gasteiger partial charge in [-0.25, -0.2) is 4.79 Å². The first-order chi connectivity index (χ1) is 17.5. The molecule has 3 amide bonds. The number of para-hydroxylation sites is 1. The van der Waals surface area contributed by atoms with Crippen molar-refractivity contribution >= 4 is 17.6 Å². The molecule has 0 spiro atoms. The fourth-order valence-electron chi connectivity index (χ4n) is 4.42. The number of hydrogen-bond acceptors (Lipinski definition) is 4. The minimum atomic E-state index is -0.222. The Balaban J connectivity index is 1.33. The van der Waals surface area contributed by atoms with Crippen molar-refractivity contribution in [3.05, 3.63) is 90.0 Å². The molecule has 0 aromatic heterocycles. The third-order valence-electron chi connectivity index (χ3n) is 6.34. The zero-order chi connectivity index (χ0) is 25.3. The number of rotatable bonds is 8. The van der Waals surface area contributed by atoms with E-state index in [2.05, 4.69) is 5.32 Å². The number of carbonyl (C=O) groups excluding carboxylic acids is 2. The van der Waals surface area contributed by atoms with Crippen molar-refractivity contribution < 1.29 is 19.1 Å². The predicted molar refractivity (Wildman–Crippen MR) is 140 cm³/mol. The number of methoxy groups -OCH3 is 1. The summed E-state index contributed by atoms with van der Waals surface area (Å²) in [6.45, 7) is 1.96. The summed E-state index contributed by atoms with van der Waals surface area (Å²) < 4.78 is 11.5. The molecule has 188 valence electrons. The summed E-state index contributed by atoms with van der Waals surface area (Å²) in [6.07, 6.45) is 1.57. The summed E-state index contributed by atoms with van der Waals surface area (Å²) in [4.78, 5) is 29.4. The summed E-state index contributed by atoms with van der Waals surface area (Å²) in [5, 5.41) is 2.92. The van der Waals surface area contributed by atoms with Crippen molar-refractivity contribution in [3.63, 3.8) is 0 Å². The SMILES string of the molecule is COc1cc(CN(C)C(=O)C2CCCN(C(=O)Nc3ccccc3)C2)ccc1OCc1ccccc1. The topological polar surface area (TPSA) is 71.1 Å². The molecule has 3 aromatic rings. The van der Waals surface area contributed by atoms with E-state index in [0.717, 1.165) is 29.7 Å². The van der Waals surface area contributed by atoms with Crippen LogP contribution in [0.15, 0.2) is 78.9 Å². The maximum atomic E-state index is 13.2. The predicted octanol–water partition coefficient (Wildman–Crippen LogP) is 5.18. The molecule has 7 heteroatoms. The van der Waals surface area contributed by atoms with Gasteiger partial charge in [0.1, 0.15) is 6.61 Å². The molecule has 1 aliphatic heterocycles. The summed E-state index contributed by atoms with van der Waals surface area (Å²) >= 11 is 0. The molecule has 1 saturated heterocycles.